The third-order valence-electron chi connectivity index (χ3n) is 2.98. The van der Waals surface area contributed by atoms with E-state index < -0.39 is 0 Å². The molecule has 0 radical (unpaired) electrons. The maximum absolute atomic E-state index is 11.6. The Hall–Kier alpha value is -1.55. The molecular weight excluding hydrogens is 202 g/mol. The van der Waals surface area contributed by atoms with Gasteiger partial charge in [-0.1, -0.05) is 12.1 Å². The number of rotatable bonds is 2. The molecular formula is C12H17N3O. The first-order valence-corrected chi connectivity index (χ1v) is 5.55. The quantitative estimate of drug-likeness (QED) is 0.760. The molecule has 1 atom stereocenters. The zero-order valence-electron chi connectivity index (χ0n) is 9.44. The van der Waals surface area contributed by atoms with Gasteiger partial charge in [-0.3, -0.25) is 4.79 Å². The molecule has 1 aliphatic rings. The van der Waals surface area contributed by atoms with Crippen LogP contribution in [0.2, 0.25) is 0 Å². The normalized spacial score (nSPS) is 20.8. The zero-order chi connectivity index (χ0) is 11.5. The molecule has 4 heteroatoms. The molecule has 1 aromatic rings. The average Bonchev–Trinajstić information content (AvgIpc) is 2.33. The van der Waals surface area contributed by atoms with E-state index in [1.54, 1.807) is 0 Å². The fourth-order valence-electron chi connectivity index (χ4n) is 2.00. The molecule has 1 fully saturated rings. The van der Waals surface area contributed by atoms with E-state index in [1.807, 2.05) is 25.1 Å². The number of carbonyl (C=O) groups is 1. The molecule has 4 nitrogen and oxygen atoms in total. The van der Waals surface area contributed by atoms with E-state index in [-0.39, 0.29) is 11.9 Å². The Labute approximate surface area is 95.4 Å². The van der Waals surface area contributed by atoms with Crippen molar-refractivity contribution in [1.29, 1.82) is 0 Å². The van der Waals surface area contributed by atoms with Crippen LogP contribution < -0.4 is 16.0 Å². The van der Waals surface area contributed by atoms with Gasteiger partial charge in [0.2, 0.25) is 5.91 Å². The molecule has 0 aliphatic carbocycles. The number of amides is 1. The van der Waals surface area contributed by atoms with Crippen LogP contribution in [-0.2, 0) is 11.3 Å². The smallest absolute Gasteiger partial charge is 0.242 e. The Morgan fingerprint density at radius 2 is 2.38 bits per heavy atom. The summed E-state index contributed by atoms with van der Waals surface area (Å²) in [5.41, 5.74) is 7.78. The molecule has 1 aromatic carbocycles. The van der Waals surface area contributed by atoms with Crippen molar-refractivity contribution in [3.8, 4) is 0 Å². The lowest BCUT2D eigenvalue weighted by Crippen LogP contribution is -2.54. The Morgan fingerprint density at radius 3 is 3.12 bits per heavy atom. The highest BCUT2D eigenvalue weighted by molar-refractivity contribution is 5.86. The van der Waals surface area contributed by atoms with Gasteiger partial charge in [-0.05, 0) is 24.6 Å². The summed E-state index contributed by atoms with van der Waals surface area (Å²) in [6.07, 6.45) is 0. The molecule has 1 amide bonds. The van der Waals surface area contributed by atoms with E-state index in [1.165, 1.54) is 0 Å². The Morgan fingerprint density at radius 1 is 1.56 bits per heavy atom. The lowest BCUT2D eigenvalue weighted by atomic mass is 10.1. The summed E-state index contributed by atoms with van der Waals surface area (Å²) in [7, 11) is 0. The number of carbonyl (C=O) groups excluding carboxylic acids is 1. The zero-order valence-corrected chi connectivity index (χ0v) is 9.44. The van der Waals surface area contributed by atoms with Crippen LogP contribution in [0.25, 0.3) is 0 Å². The number of nitrogens with two attached hydrogens (primary N) is 1. The summed E-state index contributed by atoms with van der Waals surface area (Å²) < 4.78 is 0. The molecule has 1 saturated heterocycles. The summed E-state index contributed by atoms with van der Waals surface area (Å²) in [4.78, 5) is 13.7. The minimum atomic E-state index is -0.109. The van der Waals surface area contributed by atoms with E-state index in [9.17, 15) is 4.79 Å². The molecule has 2 rings (SSSR count). The van der Waals surface area contributed by atoms with Crippen LogP contribution in [0.4, 0.5) is 5.69 Å². The summed E-state index contributed by atoms with van der Waals surface area (Å²) in [6, 6.07) is 7.94. The van der Waals surface area contributed by atoms with Gasteiger partial charge in [0.05, 0.1) is 0 Å². The first kappa shape index (κ1) is 11.0. The van der Waals surface area contributed by atoms with Crippen molar-refractivity contribution in [2.75, 3.05) is 18.0 Å². The van der Waals surface area contributed by atoms with Crippen molar-refractivity contribution < 1.29 is 4.79 Å². The fourth-order valence-corrected chi connectivity index (χ4v) is 2.00. The Kier molecular flexibility index (Phi) is 3.10. The van der Waals surface area contributed by atoms with Crippen molar-refractivity contribution in [2.45, 2.75) is 19.5 Å². The monoisotopic (exact) mass is 219 g/mol. The second kappa shape index (κ2) is 4.53. The van der Waals surface area contributed by atoms with Crippen LogP contribution >= 0.6 is 0 Å². The first-order chi connectivity index (χ1) is 7.72. The van der Waals surface area contributed by atoms with E-state index in [4.69, 9.17) is 5.73 Å². The van der Waals surface area contributed by atoms with Crippen LogP contribution in [0.3, 0.4) is 0 Å². The number of nitrogens with zero attached hydrogens (tertiary/aromatic N) is 1. The lowest BCUT2D eigenvalue weighted by Gasteiger charge is -2.34. The van der Waals surface area contributed by atoms with Crippen LogP contribution in [0.15, 0.2) is 24.3 Å². The SMILES string of the molecule is CC1C(=O)NCCN1c1cccc(CN)c1. The van der Waals surface area contributed by atoms with Crippen molar-refractivity contribution >= 4 is 11.6 Å². The minimum absolute atomic E-state index is 0.0874. The van der Waals surface area contributed by atoms with Gasteiger partial charge < -0.3 is 16.0 Å². The molecule has 1 aliphatic heterocycles. The molecule has 1 heterocycles. The summed E-state index contributed by atoms with van der Waals surface area (Å²) in [5, 5.41) is 2.85. The highest BCUT2D eigenvalue weighted by Crippen LogP contribution is 2.19. The standard InChI is InChI=1S/C12H17N3O/c1-9-12(16)14-5-6-15(9)11-4-2-3-10(7-11)8-13/h2-4,7,9H,5-6,8,13H2,1H3,(H,14,16). The number of anilines is 1. The molecule has 0 spiro atoms. The van der Waals surface area contributed by atoms with Crippen molar-refractivity contribution in [3.63, 3.8) is 0 Å². The van der Waals surface area contributed by atoms with Gasteiger partial charge in [0, 0.05) is 25.3 Å². The van der Waals surface area contributed by atoms with Crippen LogP contribution in [0.1, 0.15) is 12.5 Å². The molecule has 16 heavy (non-hydrogen) atoms. The van der Waals surface area contributed by atoms with Crippen molar-refractivity contribution in [1.82, 2.24) is 5.32 Å². The second-order valence-corrected chi connectivity index (χ2v) is 4.03. The van der Waals surface area contributed by atoms with Crippen LogP contribution in [0, 0.1) is 0 Å². The predicted molar refractivity (Wildman–Crippen MR) is 64.2 cm³/mol. The van der Waals surface area contributed by atoms with Crippen LogP contribution in [-0.4, -0.2) is 25.0 Å². The van der Waals surface area contributed by atoms with Gasteiger partial charge in [-0.15, -0.1) is 0 Å². The highest BCUT2D eigenvalue weighted by Gasteiger charge is 2.25. The molecule has 86 valence electrons. The maximum Gasteiger partial charge on any atom is 0.242 e. The van der Waals surface area contributed by atoms with Crippen molar-refractivity contribution in [3.05, 3.63) is 29.8 Å². The van der Waals surface area contributed by atoms with Gasteiger partial charge in [0.25, 0.3) is 0 Å². The number of benzene rings is 1. The van der Waals surface area contributed by atoms with Gasteiger partial charge in [-0.25, -0.2) is 0 Å². The fraction of sp³-hybridized carbons (Fsp3) is 0.417. The topological polar surface area (TPSA) is 58.4 Å². The average molecular weight is 219 g/mol. The molecule has 1 unspecified atom stereocenters. The number of hydrogen-bond donors (Lipinski definition) is 2. The van der Waals surface area contributed by atoms with E-state index in [2.05, 4.69) is 16.3 Å². The second-order valence-electron chi connectivity index (χ2n) is 4.03. The lowest BCUT2D eigenvalue weighted by molar-refractivity contribution is -0.122. The van der Waals surface area contributed by atoms with E-state index in [0.29, 0.717) is 13.1 Å². The highest BCUT2D eigenvalue weighted by atomic mass is 16.2. The van der Waals surface area contributed by atoms with E-state index >= 15 is 0 Å². The van der Waals surface area contributed by atoms with Gasteiger partial charge >= 0.3 is 0 Å². The third kappa shape index (κ3) is 2.02. The summed E-state index contributed by atoms with van der Waals surface area (Å²) in [5.74, 6) is 0.0874. The van der Waals surface area contributed by atoms with E-state index in [0.717, 1.165) is 17.8 Å². The maximum atomic E-state index is 11.6. The number of piperazine rings is 1. The molecule has 0 bridgehead atoms. The van der Waals surface area contributed by atoms with Gasteiger partial charge in [0.1, 0.15) is 6.04 Å². The number of hydrogen-bond acceptors (Lipinski definition) is 3. The molecule has 3 N–H and O–H groups in total. The predicted octanol–water partition coefficient (Wildman–Crippen LogP) is 0.470. The minimum Gasteiger partial charge on any atom is -0.358 e. The summed E-state index contributed by atoms with van der Waals surface area (Å²) in [6.45, 7) is 4.00. The van der Waals surface area contributed by atoms with Crippen molar-refractivity contribution in [2.24, 2.45) is 5.73 Å². The third-order valence-corrected chi connectivity index (χ3v) is 2.98. The largest absolute Gasteiger partial charge is 0.358 e. The van der Waals surface area contributed by atoms with Gasteiger partial charge in [0.15, 0.2) is 0 Å². The first-order valence-electron chi connectivity index (χ1n) is 5.55. The van der Waals surface area contributed by atoms with Gasteiger partial charge in [-0.2, -0.15) is 0 Å². The molecule has 0 saturated carbocycles. The Bertz CT molecular complexity index is 392. The molecule has 0 aromatic heterocycles. The van der Waals surface area contributed by atoms with Crippen LogP contribution in [0.5, 0.6) is 0 Å². The summed E-state index contributed by atoms with van der Waals surface area (Å²) >= 11 is 0. The Balaban J connectivity index is 2.25. The number of nitrogens with one attached hydrogen (secondary N) is 1.